The molecule has 0 spiro atoms. The van der Waals surface area contributed by atoms with Crippen LogP contribution in [0.2, 0.25) is 0 Å². The topological polar surface area (TPSA) is 79.3 Å². The largest absolute Gasteiger partial charge is 0.481 e. The van der Waals surface area contributed by atoms with Crippen molar-refractivity contribution in [2.45, 2.75) is 12.5 Å². The summed E-state index contributed by atoms with van der Waals surface area (Å²) in [5.41, 5.74) is 0. The van der Waals surface area contributed by atoms with Crippen LogP contribution >= 0.6 is 0 Å². The van der Waals surface area contributed by atoms with Crippen LogP contribution in [0.15, 0.2) is 24.8 Å². The minimum Gasteiger partial charge on any atom is -0.481 e. The van der Waals surface area contributed by atoms with Gasteiger partial charge in [0.25, 0.3) is 0 Å². The molecule has 0 aromatic carbocycles. The first-order valence-electron chi connectivity index (χ1n) is 7.52. The maximum Gasteiger partial charge on any atom is 0.218 e. The highest BCUT2D eigenvalue weighted by Gasteiger charge is 2.24. The SMILES string of the molecule is COc1cc(N2CCC(Nc3cc(N(C)C)ncn3)C2)ncn1. The average Bonchev–Trinajstić information content (AvgIpc) is 3.03. The van der Waals surface area contributed by atoms with Gasteiger partial charge in [-0.3, -0.25) is 0 Å². The van der Waals surface area contributed by atoms with Crippen LogP contribution in [0.4, 0.5) is 17.5 Å². The van der Waals surface area contributed by atoms with E-state index in [2.05, 4.69) is 30.2 Å². The number of ether oxygens (including phenoxy) is 1. The zero-order valence-corrected chi connectivity index (χ0v) is 13.6. The van der Waals surface area contributed by atoms with E-state index in [4.69, 9.17) is 4.74 Å². The predicted molar refractivity (Wildman–Crippen MR) is 89.2 cm³/mol. The molecule has 1 atom stereocenters. The van der Waals surface area contributed by atoms with Crippen molar-refractivity contribution in [3.63, 3.8) is 0 Å². The van der Waals surface area contributed by atoms with Gasteiger partial charge in [0.1, 0.15) is 30.1 Å². The van der Waals surface area contributed by atoms with E-state index in [1.807, 2.05) is 31.1 Å². The number of nitrogens with zero attached hydrogens (tertiary/aromatic N) is 6. The highest BCUT2D eigenvalue weighted by molar-refractivity contribution is 5.49. The van der Waals surface area contributed by atoms with Gasteiger partial charge < -0.3 is 19.9 Å². The molecule has 3 heterocycles. The van der Waals surface area contributed by atoms with Crippen molar-refractivity contribution in [2.24, 2.45) is 0 Å². The molecule has 1 saturated heterocycles. The Morgan fingerprint density at radius 2 is 2.00 bits per heavy atom. The van der Waals surface area contributed by atoms with Crippen LogP contribution in [0.25, 0.3) is 0 Å². The zero-order valence-electron chi connectivity index (χ0n) is 13.6. The van der Waals surface area contributed by atoms with Gasteiger partial charge in [0.05, 0.1) is 7.11 Å². The van der Waals surface area contributed by atoms with Crippen molar-refractivity contribution in [3.8, 4) is 5.88 Å². The number of aromatic nitrogens is 4. The summed E-state index contributed by atoms with van der Waals surface area (Å²) in [4.78, 5) is 21.1. The second-order valence-corrected chi connectivity index (χ2v) is 5.65. The number of anilines is 3. The average molecular weight is 315 g/mol. The van der Waals surface area contributed by atoms with E-state index in [-0.39, 0.29) is 0 Å². The molecule has 2 aromatic heterocycles. The van der Waals surface area contributed by atoms with E-state index in [1.165, 1.54) is 6.33 Å². The van der Waals surface area contributed by atoms with E-state index in [9.17, 15) is 0 Å². The molecule has 1 N–H and O–H groups in total. The molecule has 8 heteroatoms. The third-order valence-electron chi connectivity index (χ3n) is 3.81. The molecule has 1 aliphatic heterocycles. The first kappa shape index (κ1) is 15.3. The summed E-state index contributed by atoms with van der Waals surface area (Å²) in [7, 11) is 5.54. The minimum atomic E-state index is 0.320. The van der Waals surface area contributed by atoms with E-state index >= 15 is 0 Å². The quantitative estimate of drug-likeness (QED) is 0.876. The van der Waals surface area contributed by atoms with E-state index in [1.54, 1.807) is 13.4 Å². The Hall–Kier alpha value is -2.64. The summed E-state index contributed by atoms with van der Waals surface area (Å²) in [5, 5.41) is 3.47. The smallest absolute Gasteiger partial charge is 0.218 e. The van der Waals surface area contributed by atoms with Crippen molar-refractivity contribution >= 4 is 17.5 Å². The first-order valence-corrected chi connectivity index (χ1v) is 7.52. The summed E-state index contributed by atoms with van der Waals surface area (Å²) in [6, 6.07) is 4.13. The first-order chi connectivity index (χ1) is 11.2. The molecule has 1 aliphatic rings. The fraction of sp³-hybridized carbons (Fsp3) is 0.467. The zero-order chi connectivity index (χ0) is 16.2. The maximum atomic E-state index is 5.16. The van der Waals surface area contributed by atoms with Gasteiger partial charge in [0.2, 0.25) is 5.88 Å². The molecule has 0 saturated carbocycles. The standard InChI is InChI=1S/C15H21N7O/c1-21(2)13-6-12(16-9-17-13)20-11-4-5-22(8-11)14-7-15(23-3)19-10-18-14/h6-7,9-11H,4-5,8H2,1-3H3,(H,16,17,20). The number of hydrogen-bond donors (Lipinski definition) is 1. The molecule has 3 rings (SSSR count). The fourth-order valence-corrected chi connectivity index (χ4v) is 2.58. The second kappa shape index (κ2) is 6.64. The number of methoxy groups -OCH3 is 1. The maximum absolute atomic E-state index is 5.16. The Morgan fingerprint density at radius 1 is 1.17 bits per heavy atom. The molecule has 8 nitrogen and oxygen atoms in total. The van der Waals surface area contributed by atoms with Crippen molar-refractivity contribution in [1.82, 2.24) is 19.9 Å². The molecular formula is C15H21N7O. The summed E-state index contributed by atoms with van der Waals surface area (Å²) in [6.45, 7) is 1.80. The highest BCUT2D eigenvalue weighted by Crippen LogP contribution is 2.22. The van der Waals surface area contributed by atoms with E-state index in [0.717, 1.165) is 37.0 Å². The van der Waals surface area contributed by atoms with E-state index < -0.39 is 0 Å². The summed E-state index contributed by atoms with van der Waals surface area (Å²) in [5.74, 6) is 3.20. The molecular weight excluding hydrogens is 294 g/mol. The molecule has 0 radical (unpaired) electrons. The van der Waals surface area contributed by atoms with Gasteiger partial charge in [0, 0.05) is 45.4 Å². The third-order valence-corrected chi connectivity index (χ3v) is 3.81. The lowest BCUT2D eigenvalue weighted by Crippen LogP contribution is -2.27. The van der Waals surface area contributed by atoms with Gasteiger partial charge in [-0.05, 0) is 6.42 Å². The Balaban J connectivity index is 1.64. The summed E-state index contributed by atoms with van der Waals surface area (Å²) >= 11 is 0. The lowest BCUT2D eigenvalue weighted by atomic mass is 10.2. The molecule has 0 bridgehead atoms. The molecule has 0 aliphatic carbocycles. The van der Waals surface area contributed by atoms with Gasteiger partial charge in [0.15, 0.2) is 0 Å². The number of nitrogens with one attached hydrogen (secondary N) is 1. The molecule has 0 amide bonds. The summed E-state index contributed by atoms with van der Waals surface area (Å²) in [6.07, 6.45) is 4.13. The summed E-state index contributed by atoms with van der Waals surface area (Å²) < 4.78 is 5.16. The predicted octanol–water partition coefficient (Wildman–Crippen LogP) is 1.03. The van der Waals surface area contributed by atoms with Crippen molar-refractivity contribution < 1.29 is 4.74 Å². The Kier molecular flexibility index (Phi) is 4.40. The van der Waals surface area contributed by atoms with Crippen molar-refractivity contribution in [3.05, 3.63) is 24.8 Å². The lowest BCUT2D eigenvalue weighted by molar-refractivity contribution is 0.397. The fourth-order valence-electron chi connectivity index (χ4n) is 2.58. The molecule has 122 valence electrons. The van der Waals surface area contributed by atoms with E-state index in [0.29, 0.717) is 11.9 Å². The Bertz CT molecular complexity index is 664. The Labute approximate surface area is 135 Å². The van der Waals surface area contributed by atoms with Crippen LogP contribution < -0.4 is 19.9 Å². The van der Waals surface area contributed by atoms with Crippen LogP contribution in [-0.4, -0.2) is 60.3 Å². The molecule has 1 unspecified atom stereocenters. The second-order valence-electron chi connectivity index (χ2n) is 5.65. The normalized spacial score (nSPS) is 17.2. The number of rotatable bonds is 5. The van der Waals surface area contributed by atoms with Gasteiger partial charge in [-0.2, -0.15) is 0 Å². The van der Waals surface area contributed by atoms with Gasteiger partial charge in [-0.1, -0.05) is 0 Å². The van der Waals surface area contributed by atoms with Gasteiger partial charge >= 0.3 is 0 Å². The number of hydrogen-bond acceptors (Lipinski definition) is 8. The van der Waals surface area contributed by atoms with Crippen LogP contribution in [0.1, 0.15) is 6.42 Å². The van der Waals surface area contributed by atoms with Crippen molar-refractivity contribution in [2.75, 3.05) is 49.4 Å². The molecule has 2 aromatic rings. The van der Waals surface area contributed by atoms with Crippen LogP contribution in [0.3, 0.4) is 0 Å². The Morgan fingerprint density at radius 3 is 2.78 bits per heavy atom. The molecule has 1 fully saturated rings. The third kappa shape index (κ3) is 3.58. The minimum absolute atomic E-state index is 0.320. The van der Waals surface area contributed by atoms with Crippen LogP contribution in [0.5, 0.6) is 5.88 Å². The van der Waals surface area contributed by atoms with Gasteiger partial charge in [-0.15, -0.1) is 0 Å². The van der Waals surface area contributed by atoms with Crippen LogP contribution in [-0.2, 0) is 0 Å². The van der Waals surface area contributed by atoms with Gasteiger partial charge in [-0.25, -0.2) is 19.9 Å². The highest BCUT2D eigenvalue weighted by atomic mass is 16.5. The van der Waals surface area contributed by atoms with Crippen molar-refractivity contribution in [1.29, 1.82) is 0 Å². The van der Waals surface area contributed by atoms with Crippen LogP contribution in [0, 0.1) is 0 Å². The monoisotopic (exact) mass is 315 g/mol. The lowest BCUT2D eigenvalue weighted by Gasteiger charge is -2.19. The molecule has 23 heavy (non-hydrogen) atoms.